The van der Waals surface area contributed by atoms with E-state index in [2.05, 4.69) is 20.7 Å². The Morgan fingerprint density at radius 1 is 1.29 bits per heavy atom. The van der Waals surface area contributed by atoms with Crippen LogP contribution in [0.5, 0.6) is 5.75 Å². The topological polar surface area (TPSA) is 155 Å². The maximum atomic E-state index is 13.3. The Labute approximate surface area is 224 Å². The maximum absolute atomic E-state index is 13.3. The van der Waals surface area contributed by atoms with Gasteiger partial charge >= 0.3 is 6.09 Å². The lowest BCUT2D eigenvalue weighted by molar-refractivity contribution is 0.0525. The molecule has 4 N–H and O–H groups in total. The Hall–Kier alpha value is -3.80. The molecule has 1 aliphatic rings. The molecule has 0 saturated heterocycles. The average molecular weight is 546 g/mol. The van der Waals surface area contributed by atoms with E-state index in [4.69, 9.17) is 26.8 Å². The van der Waals surface area contributed by atoms with Crippen molar-refractivity contribution in [2.24, 2.45) is 5.73 Å². The molecular weight excluding hydrogens is 514 g/mol. The molecule has 2 aromatic heterocycles. The molecule has 4 rings (SSSR count). The van der Waals surface area contributed by atoms with Crippen molar-refractivity contribution in [3.63, 3.8) is 0 Å². The van der Waals surface area contributed by atoms with Gasteiger partial charge in [0.2, 0.25) is 11.9 Å². The molecule has 0 radical (unpaired) electrons. The highest BCUT2D eigenvalue weighted by Gasteiger charge is 2.30. The fourth-order valence-corrected chi connectivity index (χ4v) is 4.59. The zero-order valence-electron chi connectivity index (χ0n) is 22.1. The van der Waals surface area contributed by atoms with Crippen LogP contribution in [0, 0.1) is 6.92 Å². The van der Waals surface area contributed by atoms with Crippen molar-refractivity contribution >= 4 is 46.5 Å². The molecule has 3 aromatic rings. The van der Waals surface area contributed by atoms with Crippen molar-refractivity contribution in [3.8, 4) is 5.75 Å². The lowest BCUT2D eigenvalue weighted by Crippen LogP contribution is -2.33. The maximum Gasteiger partial charge on any atom is 0.407 e. The summed E-state index contributed by atoms with van der Waals surface area (Å²) in [6.07, 6.45) is 0.732. The summed E-state index contributed by atoms with van der Waals surface area (Å²) in [6.45, 7) is 10.1. The smallest absolute Gasteiger partial charge is 0.407 e. The molecule has 3 heterocycles. The predicted octanol–water partition coefficient (Wildman–Crippen LogP) is 3.80. The van der Waals surface area contributed by atoms with Crippen molar-refractivity contribution in [3.05, 3.63) is 34.1 Å². The van der Waals surface area contributed by atoms with Crippen LogP contribution in [0.1, 0.15) is 73.1 Å². The number of nitrogens with one attached hydrogen (secondary N) is 2. The minimum Gasteiger partial charge on any atom is -0.489 e. The van der Waals surface area contributed by atoms with Gasteiger partial charge in [0.15, 0.2) is 0 Å². The summed E-state index contributed by atoms with van der Waals surface area (Å²) < 4.78 is 14.7. The first-order valence-corrected chi connectivity index (χ1v) is 12.8. The second kappa shape index (κ2) is 10.5. The summed E-state index contributed by atoms with van der Waals surface area (Å²) in [7, 11) is 0. The van der Waals surface area contributed by atoms with Crippen molar-refractivity contribution in [2.45, 2.75) is 65.6 Å². The number of ether oxygens (including phenoxy) is 2. The Kier molecular flexibility index (Phi) is 7.54. The number of primary amides is 1. The second-order valence-electron chi connectivity index (χ2n) is 10.1. The molecule has 0 spiro atoms. The van der Waals surface area contributed by atoms with Crippen LogP contribution < -0.4 is 21.1 Å². The average Bonchev–Trinajstić information content (AvgIpc) is 3.34. The van der Waals surface area contributed by atoms with Gasteiger partial charge in [0.05, 0.1) is 22.3 Å². The number of hydrogen-bond acceptors (Lipinski definition) is 7. The van der Waals surface area contributed by atoms with E-state index in [9.17, 15) is 14.4 Å². The number of alkyl carbamates (subject to hydrolysis) is 1. The summed E-state index contributed by atoms with van der Waals surface area (Å²) in [5.41, 5.74) is 7.03. The molecular formula is C25H32ClN7O5. The van der Waals surface area contributed by atoms with Gasteiger partial charge in [0.25, 0.3) is 5.91 Å². The van der Waals surface area contributed by atoms with Crippen molar-refractivity contribution in [1.29, 1.82) is 0 Å². The van der Waals surface area contributed by atoms with Gasteiger partial charge in [0.1, 0.15) is 29.2 Å². The van der Waals surface area contributed by atoms with Gasteiger partial charge in [-0.1, -0.05) is 11.6 Å². The number of amides is 3. The van der Waals surface area contributed by atoms with Crippen LogP contribution in [0.4, 0.5) is 10.7 Å². The van der Waals surface area contributed by atoms with E-state index in [0.29, 0.717) is 48.4 Å². The number of nitrogens with two attached hydrogens (primary N) is 1. The molecule has 1 atom stereocenters. The summed E-state index contributed by atoms with van der Waals surface area (Å²) in [4.78, 5) is 41.8. The number of carbonyl (C=O) groups excluding carboxylic acids is 3. The summed E-state index contributed by atoms with van der Waals surface area (Å²) in [5, 5.41) is 10.2. The van der Waals surface area contributed by atoms with Gasteiger partial charge in [0, 0.05) is 18.7 Å². The number of hydrogen-bond donors (Lipinski definition) is 3. The van der Waals surface area contributed by atoms with Gasteiger partial charge in [-0.25, -0.2) is 9.78 Å². The van der Waals surface area contributed by atoms with E-state index >= 15 is 0 Å². The molecule has 0 unspecified atom stereocenters. The standard InChI is InChI=1S/C25H32ClN7O5/c1-6-32-20(18(26)13(2)31-32)22(35)30-23-29-16-10-14(21(27)34)11-17-19(16)33(23)15(12-37-17)8-7-9-28-24(36)38-25(3,4)5/h10-11,15H,6-9,12H2,1-5H3,(H2,27,34)(H,28,36)(H,29,30,35)/t15-/m0/s1. The molecule has 0 saturated carbocycles. The Bertz CT molecular complexity index is 1410. The third-order valence-corrected chi connectivity index (χ3v) is 6.46. The lowest BCUT2D eigenvalue weighted by atomic mass is 10.1. The van der Waals surface area contributed by atoms with Crippen LogP contribution >= 0.6 is 11.6 Å². The fraction of sp³-hybridized carbons (Fsp3) is 0.480. The van der Waals surface area contributed by atoms with E-state index < -0.39 is 23.5 Å². The molecule has 1 aromatic carbocycles. The molecule has 1 aliphatic heterocycles. The number of imidazole rings is 1. The van der Waals surface area contributed by atoms with Crippen molar-refractivity contribution in [1.82, 2.24) is 24.6 Å². The first-order valence-electron chi connectivity index (χ1n) is 12.4. The first-order chi connectivity index (χ1) is 17.9. The third-order valence-electron chi connectivity index (χ3n) is 6.01. The zero-order chi connectivity index (χ0) is 27.8. The van der Waals surface area contributed by atoms with E-state index in [1.165, 1.54) is 4.68 Å². The van der Waals surface area contributed by atoms with E-state index in [-0.39, 0.29) is 34.9 Å². The minimum absolute atomic E-state index is 0.212. The van der Waals surface area contributed by atoms with Crippen LogP contribution in [0.3, 0.4) is 0 Å². The Morgan fingerprint density at radius 2 is 2.03 bits per heavy atom. The molecule has 0 bridgehead atoms. The molecule has 204 valence electrons. The summed E-state index contributed by atoms with van der Waals surface area (Å²) in [5.74, 6) is -0.354. The minimum atomic E-state index is -0.615. The number of aryl methyl sites for hydroxylation is 2. The normalized spacial score (nSPS) is 14.7. The molecule has 3 amide bonds. The van der Waals surface area contributed by atoms with Crippen LogP contribution in [0.15, 0.2) is 12.1 Å². The number of rotatable bonds is 8. The summed E-state index contributed by atoms with van der Waals surface area (Å²) >= 11 is 6.39. The van der Waals surface area contributed by atoms with Crippen LogP contribution in [0.2, 0.25) is 5.02 Å². The Balaban J connectivity index is 1.62. The summed E-state index contributed by atoms with van der Waals surface area (Å²) in [6, 6.07) is 2.92. The molecule has 38 heavy (non-hydrogen) atoms. The number of carbonyl (C=O) groups is 3. The fourth-order valence-electron chi connectivity index (χ4n) is 4.37. The van der Waals surface area contributed by atoms with E-state index in [0.717, 1.165) is 0 Å². The predicted molar refractivity (Wildman–Crippen MR) is 142 cm³/mol. The van der Waals surface area contributed by atoms with Crippen LogP contribution in [0.25, 0.3) is 11.0 Å². The first kappa shape index (κ1) is 27.2. The highest BCUT2D eigenvalue weighted by atomic mass is 35.5. The number of nitrogens with zero attached hydrogens (tertiary/aromatic N) is 4. The van der Waals surface area contributed by atoms with Crippen LogP contribution in [-0.2, 0) is 11.3 Å². The van der Waals surface area contributed by atoms with Gasteiger partial charge in [-0.3, -0.25) is 19.6 Å². The van der Waals surface area contributed by atoms with Gasteiger partial charge < -0.3 is 25.1 Å². The number of aromatic nitrogens is 4. The quantitative estimate of drug-likeness (QED) is 0.363. The van der Waals surface area contributed by atoms with Crippen LogP contribution in [-0.4, -0.2) is 56.0 Å². The lowest BCUT2D eigenvalue weighted by Gasteiger charge is -2.27. The van der Waals surface area contributed by atoms with E-state index in [1.807, 2.05) is 11.5 Å². The molecule has 13 heteroatoms. The van der Waals surface area contributed by atoms with Gasteiger partial charge in [-0.05, 0) is 59.6 Å². The molecule has 0 fully saturated rings. The Morgan fingerprint density at radius 3 is 2.68 bits per heavy atom. The monoisotopic (exact) mass is 545 g/mol. The second-order valence-corrected chi connectivity index (χ2v) is 10.4. The number of anilines is 1. The molecule has 0 aliphatic carbocycles. The largest absolute Gasteiger partial charge is 0.489 e. The highest BCUT2D eigenvalue weighted by Crippen LogP contribution is 2.38. The van der Waals surface area contributed by atoms with Crippen molar-refractivity contribution in [2.75, 3.05) is 18.5 Å². The van der Waals surface area contributed by atoms with Gasteiger partial charge in [-0.2, -0.15) is 5.10 Å². The molecule has 12 nitrogen and oxygen atoms in total. The number of halogens is 1. The number of benzene rings is 1. The SMILES string of the molecule is CCn1nc(C)c(Cl)c1C(=O)Nc1nc2cc(C(N)=O)cc3c2n1[C@@H](CCCNC(=O)OC(C)(C)C)CO3. The highest BCUT2D eigenvalue weighted by molar-refractivity contribution is 6.34. The van der Waals surface area contributed by atoms with Gasteiger partial charge in [-0.15, -0.1) is 0 Å². The zero-order valence-corrected chi connectivity index (χ0v) is 22.8. The van der Waals surface area contributed by atoms with E-state index in [1.54, 1.807) is 39.8 Å². The third kappa shape index (κ3) is 5.54. The van der Waals surface area contributed by atoms with Crippen molar-refractivity contribution < 1.29 is 23.9 Å².